The van der Waals surface area contributed by atoms with E-state index in [4.69, 9.17) is 0 Å². The van der Waals surface area contributed by atoms with E-state index in [1.807, 2.05) is 0 Å². The third kappa shape index (κ3) is 3.71. The van der Waals surface area contributed by atoms with Crippen molar-refractivity contribution in [3.05, 3.63) is 0 Å². The molecular weight excluding hydrogens is 220 g/mol. The minimum absolute atomic E-state index is 0.586. The van der Waals surface area contributed by atoms with Crippen molar-refractivity contribution in [1.29, 1.82) is 0 Å². The molecule has 2 heterocycles. The van der Waals surface area contributed by atoms with Crippen LogP contribution >= 0.6 is 0 Å². The van der Waals surface area contributed by atoms with Gasteiger partial charge in [-0.1, -0.05) is 27.2 Å². The standard InChI is InChI=1S/C16H32N2/c1-4-5-16(6-10-17-11-7-16)14-18-12-8-15(2,3)9-13-18/h17H,4-14H2,1-3H3. The molecule has 0 aromatic carbocycles. The second-order valence-electron chi connectivity index (χ2n) is 7.44. The Morgan fingerprint density at radius 2 is 1.61 bits per heavy atom. The lowest BCUT2D eigenvalue weighted by atomic mass is 9.74. The molecule has 18 heavy (non-hydrogen) atoms. The van der Waals surface area contributed by atoms with Gasteiger partial charge in [0.15, 0.2) is 0 Å². The molecule has 0 amide bonds. The maximum absolute atomic E-state index is 3.53. The van der Waals surface area contributed by atoms with Crippen molar-refractivity contribution in [3.8, 4) is 0 Å². The second kappa shape index (κ2) is 5.92. The SMILES string of the molecule is CCCC1(CN2CCC(C)(C)CC2)CCNCC1. The lowest BCUT2D eigenvalue weighted by molar-refractivity contribution is 0.0582. The Morgan fingerprint density at radius 3 is 2.17 bits per heavy atom. The summed E-state index contributed by atoms with van der Waals surface area (Å²) >= 11 is 0. The van der Waals surface area contributed by atoms with Crippen LogP contribution in [0.4, 0.5) is 0 Å². The second-order valence-corrected chi connectivity index (χ2v) is 7.44. The largest absolute Gasteiger partial charge is 0.317 e. The zero-order valence-electron chi connectivity index (χ0n) is 12.7. The highest BCUT2D eigenvalue weighted by atomic mass is 15.1. The normalized spacial score (nSPS) is 28.2. The van der Waals surface area contributed by atoms with Crippen LogP contribution in [0.25, 0.3) is 0 Å². The third-order valence-electron chi connectivity index (χ3n) is 5.21. The number of piperidine rings is 2. The lowest BCUT2D eigenvalue weighted by Crippen LogP contribution is -2.47. The quantitative estimate of drug-likeness (QED) is 0.826. The summed E-state index contributed by atoms with van der Waals surface area (Å²) < 4.78 is 0. The van der Waals surface area contributed by atoms with Crippen molar-refractivity contribution in [2.75, 3.05) is 32.7 Å². The Balaban J connectivity index is 1.89. The Hall–Kier alpha value is -0.0800. The monoisotopic (exact) mass is 252 g/mol. The fraction of sp³-hybridized carbons (Fsp3) is 1.00. The van der Waals surface area contributed by atoms with Gasteiger partial charge in [-0.05, 0) is 69.1 Å². The van der Waals surface area contributed by atoms with E-state index in [9.17, 15) is 0 Å². The summed E-state index contributed by atoms with van der Waals surface area (Å²) in [6, 6.07) is 0. The lowest BCUT2D eigenvalue weighted by Gasteiger charge is -2.45. The molecule has 0 bridgehead atoms. The molecule has 0 aromatic heterocycles. The number of likely N-dealkylation sites (tertiary alicyclic amines) is 1. The predicted molar refractivity (Wildman–Crippen MR) is 78.9 cm³/mol. The average Bonchev–Trinajstić information content (AvgIpc) is 2.34. The maximum Gasteiger partial charge on any atom is 0.00389 e. The number of rotatable bonds is 4. The molecule has 1 N–H and O–H groups in total. The summed E-state index contributed by atoms with van der Waals surface area (Å²) in [5, 5.41) is 3.53. The number of nitrogens with one attached hydrogen (secondary N) is 1. The summed E-state index contributed by atoms with van der Waals surface area (Å²) in [5.74, 6) is 0. The van der Waals surface area contributed by atoms with Crippen LogP contribution in [0.15, 0.2) is 0 Å². The predicted octanol–water partition coefficient (Wildman–Crippen LogP) is 3.28. The van der Waals surface area contributed by atoms with E-state index >= 15 is 0 Å². The van der Waals surface area contributed by atoms with Gasteiger partial charge in [-0.3, -0.25) is 0 Å². The Bertz CT molecular complexity index is 238. The summed E-state index contributed by atoms with van der Waals surface area (Å²) in [7, 11) is 0. The molecule has 106 valence electrons. The van der Waals surface area contributed by atoms with Crippen LogP contribution in [-0.4, -0.2) is 37.6 Å². The summed E-state index contributed by atoms with van der Waals surface area (Å²) in [6.45, 7) is 13.7. The first kappa shape index (κ1) is 14.3. The Kier molecular flexibility index (Phi) is 4.71. The Morgan fingerprint density at radius 1 is 1.00 bits per heavy atom. The molecule has 0 unspecified atom stereocenters. The molecule has 0 aliphatic carbocycles. The highest BCUT2D eigenvalue weighted by molar-refractivity contribution is 4.89. The van der Waals surface area contributed by atoms with Crippen molar-refractivity contribution in [3.63, 3.8) is 0 Å². The zero-order valence-corrected chi connectivity index (χ0v) is 12.7. The van der Waals surface area contributed by atoms with Crippen molar-refractivity contribution in [2.24, 2.45) is 10.8 Å². The smallest absolute Gasteiger partial charge is 0.00389 e. The minimum Gasteiger partial charge on any atom is -0.317 e. The van der Waals surface area contributed by atoms with Gasteiger partial charge in [-0.15, -0.1) is 0 Å². The van der Waals surface area contributed by atoms with Crippen LogP contribution in [0.5, 0.6) is 0 Å². The third-order valence-corrected chi connectivity index (χ3v) is 5.21. The van der Waals surface area contributed by atoms with E-state index in [-0.39, 0.29) is 0 Å². The first-order valence-corrected chi connectivity index (χ1v) is 7.98. The van der Waals surface area contributed by atoms with E-state index in [1.165, 1.54) is 71.2 Å². The molecule has 0 atom stereocenters. The van der Waals surface area contributed by atoms with Crippen LogP contribution in [-0.2, 0) is 0 Å². The fourth-order valence-corrected chi connectivity index (χ4v) is 3.77. The van der Waals surface area contributed by atoms with Gasteiger partial charge in [0.2, 0.25) is 0 Å². The van der Waals surface area contributed by atoms with E-state index in [2.05, 4.69) is 31.0 Å². The number of hydrogen-bond donors (Lipinski definition) is 1. The van der Waals surface area contributed by atoms with Crippen LogP contribution in [0.2, 0.25) is 0 Å². The van der Waals surface area contributed by atoms with E-state index in [0.717, 1.165) is 0 Å². The molecule has 0 radical (unpaired) electrons. The van der Waals surface area contributed by atoms with E-state index in [0.29, 0.717) is 10.8 Å². The summed E-state index contributed by atoms with van der Waals surface area (Å²) in [4.78, 5) is 2.76. The van der Waals surface area contributed by atoms with E-state index in [1.54, 1.807) is 0 Å². The number of nitrogens with zero attached hydrogens (tertiary/aromatic N) is 1. The zero-order chi connectivity index (χ0) is 13.1. The van der Waals surface area contributed by atoms with Crippen molar-refractivity contribution in [1.82, 2.24) is 10.2 Å². The molecule has 2 rings (SSSR count). The van der Waals surface area contributed by atoms with Crippen LogP contribution < -0.4 is 5.32 Å². The molecule has 2 saturated heterocycles. The molecule has 2 fully saturated rings. The van der Waals surface area contributed by atoms with Crippen LogP contribution in [0.1, 0.15) is 59.3 Å². The topological polar surface area (TPSA) is 15.3 Å². The van der Waals surface area contributed by atoms with Crippen LogP contribution in [0.3, 0.4) is 0 Å². The molecule has 2 aliphatic heterocycles. The van der Waals surface area contributed by atoms with Gasteiger partial charge >= 0.3 is 0 Å². The number of hydrogen-bond acceptors (Lipinski definition) is 2. The first-order valence-electron chi connectivity index (χ1n) is 7.98. The van der Waals surface area contributed by atoms with Crippen molar-refractivity contribution < 1.29 is 0 Å². The first-order chi connectivity index (χ1) is 8.55. The van der Waals surface area contributed by atoms with Crippen molar-refractivity contribution in [2.45, 2.75) is 59.3 Å². The van der Waals surface area contributed by atoms with Crippen LogP contribution in [0, 0.1) is 10.8 Å². The van der Waals surface area contributed by atoms with Gasteiger partial charge in [0.05, 0.1) is 0 Å². The fourth-order valence-electron chi connectivity index (χ4n) is 3.77. The van der Waals surface area contributed by atoms with Gasteiger partial charge < -0.3 is 10.2 Å². The molecule has 2 nitrogen and oxygen atoms in total. The molecule has 0 aromatic rings. The maximum atomic E-state index is 3.53. The molecule has 0 saturated carbocycles. The van der Waals surface area contributed by atoms with Gasteiger partial charge in [-0.2, -0.15) is 0 Å². The summed E-state index contributed by atoms with van der Waals surface area (Å²) in [6.07, 6.45) is 8.32. The molecular formula is C16H32N2. The molecule has 2 heteroatoms. The van der Waals surface area contributed by atoms with Gasteiger partial charge in [0.25, 0.3) is 0 Å². The Labute approximate surface area is 114 Å². The minimum atomic E-state index is 0.586. The van der Waals surface area contributed by atoms with Crippen molar-refractivity contribution >= 4 is 0 Å². The van der Waals surface area contributed by atoms with Gasteiger partial charge in [0, 0.05) is 6.54 Å². The van der Waals surface area contributed by atoms with E-state index < -0.39 is 0 Å². The summed E-state index contributed by atoms with van der Waals surface area (Å²) in [5.41, 5.74) is 1.21. The van der Waals surface area contributed by atoms with Gasteiger partial charge in [-0.25, -0.2) is 0 Å². The molecule has 0 spiro atoms. The molecule has 2 aliphatic rings. The highest BCUT2D eigenvalue weighted by Gasteiger charge is 2.35. The van der Waals surface area contributed by atoms with Gasteiger partial charge in [0.1, 0.15) is 0 Å². The highest BCUT2D eigenvalue weighted by Crippen LogP contribution is 2.37. The average molecular weight is 252 g/mol.